The molecule has 0 radical (unpaired) electrons. The van der Waals surface area contributed by atoms with Gasteiger partial charge in [-0.3, -0.25) is 0 Å². The molecule has 1 aromatic heterocycles. The van der Waals surface area contributed by atoms with E-state index in [0.29, 0.717) is 6.04 Å². The lowest BCUT2D eigenvalue weighted by Gasteiger charge is -2.33. The highest BCUT2D eigenvalue weighted by Gasteiger charge is 2.24. The highest BCUT2D eigenvalue weighted by Crippen LogP contribution is 2.32. The van der Waals surface area contributed by atoms with Gasteiger partial charge in [-0.2, -0.15) is 0 Å². The molecule has 1 aliphatic rings. The van der Waals surface area contributed by atoms with Gasteiger partial charge in [0.15, 0.2) is 0 Å². The second kappa shape index (κ2) is 5.38. The maximum atomic E-state index is 4.42. The molecular weight excluding hydrogens is 276 g/mol. The van der Waals surface area contributed by atoms with Crippen molar-refractivity contribution in [2.75, 3.05) is 5.32 Å². The van der Waals surface area contributed by atoms with E-state index in [1.807, 2.05) is 12.3 Å². The van der Waals surface area contributed by atoms with Gasteiger partial charge in [-0.05, 0) is 65.6 Å². The van der Waals surface area contributed by atoms with Crippen molar-refractivity contribution in [3.8, 4) is 0 Å². The number of rotatable bonds is 2. The lowest BCUT2D eigenvalue weighted by atomic mass is 9.79. The third kappa shape index (κ3) is 3.01. The van der Waals surface area contributed by atoms with E-state index in [1.54, 1.807) is 0 Å². The Kier molecular flexibility index (Phi) is 4.08. The van der Waals surface area contributed by atoms with Crippen LogP contribution in [0.2, 0.25) is 0 Å². The number of halogens is 1. The topological polar surface area (TPSA) is 24.9 Å². The van der Waals surface area contributed by atoms with Gasteiger partial charge in [-0.25, -0.2) is 4.98 Å². The zero-order valence-corrected chi connectivity index (χ0v) is 12.4. The summed E-state index contributed by atoms with van der Waals surface area (Å²) < 4.78 is 1.10. The van der Waals surface area contributed by atoms with Gasteiger partial charge in [0.2, 0.25) is 0 Å². The minimum absolute atomic E-state index is 0.576. The molecule has 1 aromatic rings. The number of hydrogen-bond donors (Lipinski definition) is 1. The van der Waals surface area contributed by atoms with Crippen LogP contribution >= 0.6 is 15.9 Å². The normalized spacial score (nSPS) is 29.1. The molecule has 3 atom stereocenters. The molecule has 1 heterocycles. The number of anilines is 1. The van der Waals surface area contributed by atoms with Crippen molar-refractivity contribution in [3.05, 3.63) is 22.3 Å². The lowest BCUT2D eigenvalue weighted by molar-refractivity contribution is 0.260. The van der Waals surface area contributed by atoms with E-state index in [1.165, 1.54) is 24.8 Å². The summed E-state index contributed by atoms with van der Waals surface area (Å²) in [5.41, 5.74) is 1.24. The van der Waals surface area contributed by atoms with Crippen LogP contribution < -0.4 is 5.32 Å². The van der Waals surface area contributed by atoms with Gasteiger partial charge in [-0.15, -0.1) is 0 Å². The summed E-state index contributed by atoms with van der Waals surface area (Å²) in [4.78, 5) is 4.42. The molecule has 1 fully saturated rings. The number of hydrogen-bond acceptors (Lipinski definition) is 2. The van der Waals surface area contributed by atoms with Gasteiger partial charge in [0.05, 0.1) is 4.47 Å². The minimum atomic E-state index is 0.576. The molecule has 1 aliphatic carbocycles. The second-order valence-corrected chi connectivity index (χ2v) is 6.19. The predicted octanol–water partition coefficient (Wildman–Crippen LogP) is 4.39. The van der Waals surface area contributed by atoms with Crippen molar-refractivity contribution >= 4 is 21.7 Å². The number of nitrogens with zero attached hydrogens (tertiary/aromatic N) is 1. The largest absolute Gasteiger partial charge is 0.366 e. The molecule has 2 nitrogen and oxygen atoms in total. The van der Waals surface area contributed by atoms with Crippen LogP contribution in [0, 0.1) is 18.8 Å². The molecule has 2 rings (SSSR count). The lowest BCUT2D eigenvalue weighted by Crippen LogP contribution is -2.30. The zero-order valence-electron chi connectivity index (χ0n) is 10.8. The Morgan fingerprint density at radius 1 is 1.29 bits per heavy atom. The Morgan fingerprint density at radius 2 is 2.06 bits per heavy atom. The fourth-order valence-corrected chi connectivity index (χ4v) is 2.86. The Bertz CT molecular complexity index is 392. The molecule has 3 unspecified atom stereocenters. The summed E-state index contributed by atoms with van der Waals surface area (Å²) >= 11 is 3.61. The molecule has 1 N–H and O–H groups in total. The fourth-order valence-electron chi connectivity index (χ4n) is 2.51. The highest BCUT2D eigenvalue weighted by atomic mass is 79.9. The summed E-state index contributed by atoms with van der Waals surface area (Å²) in [6.07, 6.45) is 5.70. The highest BCUT2D eigenvalue weighted by molar-refractivity contribution is 9.10. The molecule has 0 amide bonds. The summed E-state index contributed by atoms with van der Waals surface area (Å²) in [5, 5.41) is 3.58. The van der Waals surface area contributed by atoms with Gasteiger partial charge >= 0.3 is 0 Å². The van der Waals surface area contributed by atoms with E-state index >= 15 is 0 Å². The number of nitrogens with one attached hydrogen (secondary N) is 1. The van der Waals surface area contributed by atoms with Crippen LogP contribution in [-0.4, -0.2) is 11.0 Å². The van der Waals surface area contributed by atoms with Crippen LogP contribution in [0.25, 0.3) is 0 Å². The Hall–Kier alpha value is -0.570. The number of aromatic nitrogens is 1. The van der Waals surface area contributed by atoms with Crippen LogP contribution in [-0.2, 0) is 0 Å². The van der Waals surface area contributed by atoms with Crippen molar-refractivity contribution in [3.63, 3.8) is 0 Å². The molecule has 0 aromatic carbocycles. The molecular formula is C14H21BrN2. The van der Waals surface area contributed by atoms with E-state index in [0.717, 1.165) is 22.1 Å². The third-order valence-electron chi connectivity index (χ3n) is 4.02. The molecule has 0 aliphatic heterocycles. The summed E-state index contributed by atoms with van der Waals surface area (Å²) in [5.74, 6) is 2.67. The van der Waals surface area contributed by atoms with Crippen LogP contribution in [0.5, 0.6) is 0 Å². The van der Waals surface area contributed by atoms with Crippen LogP contribution in [0.15, 0.2) is 16.7 Å². The van der Waals surface area contributed by atoms with Crippen molar-refractivity contribution in [1.82, 2.24) is 4.98 Å². The molecule has 3 heteroatoms. The average Bonchev–Trinajstić information content (AvgIpc) is 2.30. The first-order valence-electron chi connectivity index (χ1n) is 6.45. The first kappa shape index (κ1) is 12.9. The Labute approximate surface area is 112 Å². The third-order valence-corrected chi connectivity index (χ3v) is 5.02. The molecule has 1 saturated carbocycles. The number of aryl methyl sites for hydroxylation is 1. The maximum Gasteiger partial charge on any atom is 0.140 e. The van der Waals surface area contributed by atoms with Gasteiger partial charge in [-0.1, -0.05) is 13.8 Å². The van der Waals surface area contributed by atoms with Crippen LogP contribution in [0.3, 0.4) is 0 Å². The molecule has 0 bridgehead atoms. The summed E-state index contributed by atoms with van der Waals surface area (Å²) in [6.45, 7) is 6.82. The van der Waals surface area contributed by atoms with E-state index < -0.39 is 0 Å². The predicted molar refractivity (Wildman–Crippen MR) is 76.3 cm³/mol. The zero-order chi connectivity index (χ0) is 12.4. The standard InChI is InChI=1S/C14H21BrN2/c1-9-4-5-12(8-11(9)3)17-14-13(15)10(2)6-7-16-14/h6-7,9,11-12H,4-5,8H2,1-3H3,(H,16,17). The maximum absolute atomic E-state index is 4.42. The van der Waals surface area contributed by atoms with E-state index in [9.17, 15) is 0 Å². The minimum Gasteiger partial charge on any atom is -0.366 e. The monoisotopic (exact) mass is 296 g/mol. The van der Waals surface area contributed by atoms with Gasteiger partial charge < -0.3 is 5.32 Å². The average molecular weight is 297 g/mol. The van der Waals surface area contributed by atoms with Crippen molar-refractivity contribution < 1.29 is 0 Å². The first-order valence-corrected chi connectivity index (χ1v) is 7.25. The van der Waals surface area contributed by atoms with E-state index in [2.05, 4.69) is 47.0 Å². The quantitative estimate of drug-likeness (QED) is 0.875. The molecule has 0 saturated heterocycles. The Balaban J connectivity index is 2.04. The van der Waals surface area contributed by atoms with E-state index in [-0.39, 0.29) is 0 Å². The Morgan fingerprint density at radius 3 is 2.76 bits per heavy atom. The molecule has 94 valence electrons. The van der Waals surface area contributed by atoms with Gasteiger partial charge in [0.25, 0.3) is 0 Å². The summed E-state index contributed by atoms with van der Waals surface area (Å²) in [6, 6.07) is 2.60. The first-order chi connectivity index (χ1) is 8.08. The van der Waals surface area contributed by atoms with Crippen LogP contribution in [0.1, 0.15) is 38.7 Å². The van der Waals surface area contributed by atoms with Crippen molar-refractivity contribution in [1.29, 1.82) is 0 Å². The second-order valence-electron chi connectivity index (χ2n) is 5.40. The van der Waals surface area contributed by atoms with Gasteiger partial charge in [0.1, 0.15) is 5.82 Å². The van der Waals surface area contributed by atoms with Crippen molar-refractivity contribution in [2.45, 2.75) is 46.1 Å². The molecule has 0 spiro atoms. The van der Waals surface area contributed by atoms with Gasteiger partial charge in [0, 0.05) is 12.2 Å². The van der Waals surface area contributed by atoms with Crippen LogP contribution in [0.4, 0.5) is 5.82 Å². The fraction of sp³-hybridized carbons (Fsp3) is 0.643. The SMILES string of the molecule is Cc1ccnc(NC2CCC(C)C(C)C2)c1Br. The molecule has 17 heavy (non-hydrogen) atoms. The summed E-state index contributed by atoms with van der Waals surface area (Å²) in [7, 11) is 0. The smallest absolute Gasteiger partial charge is 0.140 e. The number of pyridine rings is 1. The van der Waals surface area contributed by atoms with Crippen molar-refractivity contribution in [2.24, 2.45) is 11.8 Å². The van der Waals surface area contributed by atoms with E-state index in [4.69, 9.17) is 0 Å².